The SMILES string of the molecule is O=C1C(C[NH+]2CCCC2)=Cc2cccc3cccc1c23. The van der Waals surface area contributed by atoms with Crippen LogP contribution in [-0.4, -0.2) is 25.4 Å². The molecule has 2 aliphatic rings. The Morgan fingerprint density at radius 3 is 2.55 bits per heavy atom. The molecule has 20 heavy (non-hydrogen) atoms. The Morgan fingerprint density at radius 2 is 1.75 bits per heavy atom. The molecular formula is C18H18NO+. The number of likely N-dealkylation sites (tertiary alicyclic amines) is 1. The van der Waals surface area contributed by atoms with E-state index in [0.717, 1.165) is 28.5 Å². The van der Waals surface area contributed by atoms with Gasteiger partial charge >= 0.3 is 0 Å². The molecule has 0 aromatic heterocycles. The second-order valence-corrected chi connectivity index (χ2v) is 5.88. The summed E-state index contributed by atoms with van der Waals surface area (Å²) in [5.74, 6) is 0.230. The van der Waals surface area contributed by atoms with Crippen LogP contribution in [0.15, 0.2) is 42.0 Å². The summed E-state index contributed by atoms with van der Waals surface area (Å²) in [6, 6.07) is 12.3. The van der Waals surface area contributed by atoms with E-state index in [2.05, 4.69) is 30.3 Å². The van der Waals surface area contributed by atoms with Gasteiger partial charge in [0.25, 0.3) is 0 Å². The van der Waals surface area contributed by atoms with E-state index in [4.69, 9.17) is 0 Å². The Morgan fingerprint density at radius 1 is 1.00 bits per heavy atom. The number of hydrogen-bond donors (Lipinski definition) is 1. The van der Waals surface area contributed by atoms with Crippen LogP contribution >= 0.6 is 0 Å². The van der Waals surface area contributed by atoms with E-state index in [-0.39, 0.29) is 5.78 Å². The zero-order chi connectivity index (χ0) is 13.5. The summed E-state index contributed by atoms with van der Waals surface area (Å²) < 4.78 is 0. The van der Waals surface area contributed by atoms with Crippen LogP contribution in [0.1, 0.15) is 28.8 Å². The molecule has 0 atom stereocenters. The van der Waals surface area contributed by atoms with Crippen molar-refractivity contribution in [3.8, 4) is 0 Å². The molecule has 0 spiro atoms. The quantitative estimate of drug-likeness (QED) is 0.881. The number of Topliss-reactive ketones (excluding diaryl/α,β-unsaturated/α-hetero) is 1. The zero-order valence-corrected chi connectivity index (χ0v) is 11.5. The van der Waals surface area contributed by atoms with Crippen LogP contribution in [0, 0.1) is 0 Å². The summed E-state index contributed by atoms with van der Waals surface area (Å²) in [5, 5.41) is 2.29. The zero-order valence-electron chi connectivity index (χ0n) is 11.5. The van der Waals surface area contributed by atoms with Crippen LogP contribution in [0.5, 0.6) is 0 Å². The van der Waals surface area contributed by atoms with Crippen LogP contribution in [0.2, 0.25) is 0 Å². The van der Waals surface area contributed by atoms with Gasteiger partial charge in [-0.05, 0) is 17.0 Å². The molecule has 100 valence electrons. The third-order valence-electron chi connectivity index (χ3n) is 4.55. The number of hydrogen-bond acceptors (Lipinski definition) is 1. The van der Waals surface area contributed by atoms with Crippen molar-refractivity contribution < 1.29 is 9.69 Å². The second-order valence-electron chi connectivity index (χ2n) is 5.88. The molecule has 1 heterocycles. The monoisotopic (exact) mass is 264 g/mol. The van der Waals surface area contributed by atoms with Crippen molar-refractivity contribution in [2.24, 2.45) is 0 Å². The number of quaternary nitrogens is 1. The number of carbonyl (C=O) groups excluding carboxylic acids is 1. The minimum Gasteiger partial charge on any atom is -0.331 e. The minimum absolute atomic E-state index is 0.230. The topological polar surface area (TPSA) is 21.5 Å². The number of ketones is 1. The number of rotatable bonds is 2. The van der Waals surface area contributed by atoms with E-state index in [1.165, 1.54) is 31.5 Å². The van der Waals surface area contributed by atoms with Crippen molar-refractivity contribution in [1.82, 2.24) is 0 Å². The summed E-state index contributed by atoms with van der Waals surface area (Å²) in [5.41, 5.74) is 3.06. The first-order valence-corrected chi connectivity index (χ1v) is 7.43. The standard InChI is InChI=1S/C18H17NO/c20-18-15(12-19-9-1-2-10-19)11-14-7-3-5-13-6-4-8-16(18)17(13)14/h3-8,11H,1-2,9-10,12H2/p+1. The fraction of sp³-hybridized carbons (Fsp3) is 0.278. The van der Waals surface area contributed by atoms with E-state index in [1.807, 2.05) is 12.1 Å². The van der Waals surface area contributed by atoms with E-state index < -0.39 is 0 Å². The Balaban J connectivity index is 1.81. The van der Waals surface area contributed by atoms with E-state index in [0.29, 0.717) is 0 Å². The van der Waals surface area contributed by atoms with Gasteiger partial charge in [-0.25, -0.2) is 0 Å². The highest BCUT2D eigenvalue weighted by atomic mass is 16.1. The molecule has 2 aromatic rings. The van der Waals surface area contributed by atoms with Gasteiger partial charge in [0.2, 0.25) is 0 Å². The highest BCUT2D eigenvalue weighted by Crippen LogP contribution is 2.30. The lowest BCUT2D eigenvalue weighted by atomic mass is 9.88. The third kappa shape index (κ3) is 1.80. The largest absolute Gasteiger partial charge is 0.331 e. The lowest BCUT2D eigenvalue weighted by Gasteiger charge is -2.19. The Hall–Kier alpha value is -1.93. The van der Waals surface area contributed by atoms with Crippen molar-refractivity contribution in [3.05, 3.63) is 53.1 Å². The molecule has 2 aromatic carbocycles. The fourth-order valence-corrected chi connectivity index (χ4v) is 3.56. The van der Waals surface area contributed by atoms with Crippen LogP contribution in [0.3, 0.4) is 0 Å². The highest BCUT2D eigenvalue weighted by Gasteiger charge is 2.26. The van der Waals surface area contributed by atoms with Gasteiger partial charge in [-0.1, -0.05) is 36.4 Å². The molecular weight excluding hydrogens is 246 g/mol. The van der Waals surface area contributed by atoms with Crippen molar-refractivity contribution in [2.75, 3.05) is 19.6 Å². The molecule has 0 bridgehead atoms. The second kappa shape index (κ2) is 4.57. The summed E-state index contributed by atoms with van der Waals surface area (Å²) in [4.78, 5) is 14.3. The molecule has 2 heteroatoms. The van der Waals surface area contributed by atoms with Gasteiger partial charge in [-0.2, -0.15) is 0 Å². The first-order valence-electron chi connectivity index (χ1n) is 7.43. The van der Waals surface area contributed by atoms with Gasteiger partial charge in [0.1, 0.15) is 6.54 Å². The molecule has 0 amide bonds. The van der Waals surface area contributed by atoms with Gasteiger partial charge in [0, 0.05) is 23.8 Å². The maximum Gasteiger partial charge on any atom is 0.195 e. The number of nitrogens with one attached hydrogen (secondary N) is 1. The fourth-order valence-electron chi connectivity index (χ4n) is 3.56. The molecule has 1 saturated heterocycles. The molecule has 2 nitrogen and oxygen atoms in total. The molecule has 0 unspecified atom stereocenters. The van der Waals surface area contributed by atoms with E-state index in [9.17, 15) is 4.79 Å². The number of carbonyl (C=O) groups is 1. The van der Waals surface area contributed by atoms with E-state index >= 15 is 0 Å². The predicted octanol–water partition coefficient (Wildman–Crippen LogP) is 2.10. The molecule has 0 saturated carbocycles. The van der Waals surface area contributed by atoms with Crippen LogP contribution in [-0.2, 0) is 0 Å². The predicted molar refractivity (Wildman–Crippen MR) is 81.1 cm³/mol. The molecule has 4 rings (SSSR count). The Labute approximate surface area is 118 Å². The summed E-state index contributed by atoms with van der Waals surface area (Å²) in [6.45, 7) is 3.29. The third-order valence-corrected chi connectivity index (χ3v) is 4.55. The Kier molecular flexibility index (Phi) is 2.71. The molecule has 1 aliphatic heterocycles. The summed E-state index contributed by atoms with van der Waals surface area (Å²) >= 11 is 0. The van der Waals surface area contributed by atoms with Crippen LogP contribution in [0.25, 0.3) is 16.8 Å². The van der Waals surface area contributed by atoms with Gasteiger partial charge in [0.05, 0.1) is 18.7 Å². The highest BCUT2D eigenvalue weighted by molar-refractivity contribution is 6.22. The van der Waals surface area contributed by atoms with Gasteiger partial charge in [-0.15, -0.1) is 0 Å². The van der Waals surface area contributed by atoms with Crippen molar-refractivity contribution in [1.29, 1.82) is 0 Å². The van der Waals surface area contributed by atoms with Gasteiger partial charge in [0.15, 0.2) is 5.78 Å². The Bertz CT molecular complexity index is 718. The first kappa shape index (κ1) is 11.9. The summed E-state index contributed by atoms with van der Waals surface area (Å²) in [6.07, 6.45) is 4.70. The smallest absolute Gasteiger partial charge is 0.195 e. The van der Waals surface area contributed by atoms with Crippen LogP contribution in [0.4, 0.5) is 0 Å². The average molecular weight is 264 g/mol. The minimum atomic E-state index is 0.230. The molecule has 1 fully saturated rings. The normalized spacial score (nSPS) is 18.6. The maximum absolute atomic E-state index is 12.7. The molecule has 1 N–H and O–H groups in total. The van der Waals surface area contributed by atoms with Gasteiger partial charge in [-0.3, -0.25) is 4.79 Å². The first-order chi connectivity index (χ1) is 9.83. The van der Waals surface area contributed by atoms with Crippen molar-refractivity contribution >= 4 is 22.6 Å². The lowest BCUT2D eigenvalue weighted by Crippen LogP contribution is -3.10. The summed E-state index contributed by atoms with van der Waals surface area (Å²) in [7, 11) is 0. The van der Waals surface area contributed by atoms with Crippen molar-refractivity contribution in [3.63, 3.8) is 0 Å². The molecule has 0 radical (unpaired) electrons. The maximum atomic E-state index is 12.7. The molecule has 1 aliphatic carbocycles. The lowest BCUT2D eigenvalue weighted by molar-refractivity contribution is -0.881. The van der Waals surface area contributed by atoms with Crippen LogP contribution < -0.4 is 4.90 Å². The van der Waals surface area contributed by atoms with Crippen molar-refractivity contribution in [2.45, 2.75) is 12.8 Å². The van der Waals surface area contributed by atoms with E-state index in [1.54, 1.807) is 4.90 Å². The average Bonchev–Trinajstić information content (AvgIpc) is 2.97. The number of benzene rings is 2. The van der Waals surface area contributed by atoms with Gasteiger partial charge < -0.3 is 4.90 Å².